The van der Waals surface area contributed by atoms with Gasteiger partial charge in [-0.1, -0.05) is 24.3 Å². The smallest absolute Gasteiger partial charge is 0.220 e. The van der Waals surface area contributed by atoms with E-state index in [1.54, 1.807) is 0 Å². The molecule has 1 aliphatic rings. The van der Waals surface area contributed by atoms with Gasteiger partial charge in [-0.2, -0.15) is 0 Å². The number of rotatable bonds is 3. The Morgan fingerprint density at radius 1 is 1.44 bits per heavy atom. The first-order valence-electron chi connectivity index (χ1n) is 5.61. The second kappa shape index (κ2) is 4.47. The molecule has 0 aromatic heterocycles. The van der Waals surface area contributed by atoms with Gasteiger partial charge in [-0.25, -0.2) is 0 Å². The Bertz CT molecular complexity index is 426. The SMILES string of the molecule is CCNC(=O)C[C@@H]1CC(=O)c2ccccc21. The summed E-state index contributed by atoms with van der Waals surface area (Å²) in [5.74, 6) is 0.247. The molecule has 0 saturated heterocycles. The van der Waals surface area contributed by atoms with Gasteiger partial charge in [-0.3, -0.25) is 9.59 Å². The molecule has 2 rings (SSSR count). The van der Waals surface area contributed by atoms with Crippen molar-refractivity contribution >= 4 is 11.7 Å². The molecule has 1 N–H and O–H groups in total. The fourth-order valence-corrected chi connectivity index (χ4v) is 2.23. The third-order valence-electron chi connectivity index (χ3n) is 2.94. The first-order chi connectivity index (χ1) is 7.72. The first-order valence-corrected chi connectivity index (χ1v) is 5.61. The second-order valence-electron chi connectivity index (χ2n) is 4.07. The van der Waals surface area contributed by atoms with Gasteiger partial charge in [0, 0.05) is 30.9 Å². The van der Waals surface area contributed by atoms with Gasteiger partial charge in [-0.05, 0) is 12.5 Å². The van der Waals surface area contributed by atoms with Crippen LogP contribution in [0.4, 0.5) is 0 Å². The average molecular weight is 217 g/mol. The molecule has 1 aromatic carbocycles. The Balaban J connectivity index is 2.15. The molecule has 0 heterocycles. The van der Waals surface area contributed by atoms with Crippen molar-refractivity contribution in [1.29, 1.82) is 0 Å². The largest absolute Gasteiger partial charge is 0.356 e. The summed E-state index contributed by atoms with van der Waals surface area (Å²) in [5, 5.41) is 2.77. The van der Waals surface area contributed by atoms with Gasteiger partial charge in [0.05, 0.1) is 0 Å². The fourth-order valence-electron chi connectivity index (χ4n) is 2.23. The highest BCUT2D eigenvalue weighted by molar-refractivity contribution is 6.01. The van der Waals surface area contributed by atoms with Crippen LogP contribution in [0.1, 0.15) is 41.6 Å². The molecule has 1 aliphatic carbocycles. The number of hydrogen-bond acceptors (Lipinski definition) is 2. The highest BCUT2D eigenvalue weighted by atomic mass is 16.1. The molecular formula is C13H15NO2. The standard InChI is InChI=1S/C13H15NO2/c1-2-14-13(16)8-9-7-12(15)11-6-4-3-5-10(9)11/h3-6,9H,2,7-8H2,1H3,(H,14,16)/t9-/m0/s1. The van der Waals surface area contributed by atoms with E-state index in [2.05, 4.69) is 5.32 Å². The monoisotopic (exact) mass is 217 g/mol. The van der Waals surface area contributed by atoms with Gasteiger partial charge in [0.1, 0.15) is 0 Å². The van der Waals surface area contributed by atoms with Crippen LogP contribution in [0.25, 0.3) is 0 Å². The molecule has 0 unspecified atom stereocenters. The molecule has 1 amide bonds. The number of fused-ring (bicyclic) bond motifs is 1. The lowest BCUT2D eigenvalue weighted by Gasteiger charge is -2.09. The number of carbonyl (C=O) groups excluding carboxylic acids is 2. The van der Waals surface area contributed by atoms with Gasteiger partial charge in [0.25, 0.3) is 0 Å². The fraction of sp³-hybridized carbons (Fsp3) is 0.385. The minimum absolute atomic E-state index is 0.0250. The maximum atomic E-state index is 11.7. The van der Waals surface area contributed by atoms with E-state index in [0.29, 0.717) is 19.4 Å². The van der Waals surface area contributed by atoms with Crippen molar-refractivity contribution in [2.75, 3.05) is 6.54 Å². The quantitative estimate of drug-likeness (QED) is 0.840. The average Bonchev–Trinajstić information content (AvgIpc) is 2.57. The van der Waals surface area contributed by atoms with Crippen LogP contribution >= 0.6 is 0 Å². The lowest BCUT2D eigenvalue weighted by molar-refractivity contribution is -0.121. The van der Waals surface area contributed by atoms with Crippen molar-refractivity contribution in [1.82, 2.24) is 5.32 Å². The zero-order chi connectivity index (χ0) is 11.5. The van der Waals surface area contributed by atoms with Gasteiger partial charge in [0.15, 0.2) is 5.78 Å². The summed E-state index contributed by atoms with van der Waals surface area (Å²) in [4.78, 5) is 23.2. The summed E-state index contributed by atoms with van der Waals surface area (Å²) < 4.78 is 0. The number of ketones is 1. The van der Waals surface area contributed by atoms with E-state index in [9.17, 15) is 9.59 Å². The molecule has 3 heteroatoms. The summed E-state index contributed by atoms with van der Waals surface area (Å²) in [6, 6.07) is 7.58. The Kier molecular flexibility index (Phi) is 3.04. The summed E-state index contributed by atoms with van der Waals surface area (Å²) in [5.41, 5.74) is 1.82. The molecule has 1 atom stereocenters. The van der Waals surface area contributed by atoms with Crippen LogP contribution < -0.4 is 5.32 Å². The molecule has 3 nitrogen and oxygen atoms in total. The van der Waals surface area contributed by atoms with Crippen molar-refractivity contribution in [2.45, 2.75) is 25.7 Å². The van der Waals surface area contributed by atoms with E-state index in [1.807, 2.05) is 31.2 Å². The van der Waals surface area contributed by atoms with E-state index in [-0.39, 0.29) is 17.6 Å². The molecule has 0 aliphatic heterocycles. The van der Waals surface area contributed by atoms with E-state index in [1.165, 1.54) is 0 Å². The van der Waals surface area contributed by atoms with Crippen molar-refractivity contribution in [3.63, 3.8) is 0 Å². The number of amides is 1. The predicted octanol–water partition coefficient (Wildman–Crippen LogP) is 1.88. The summed E-state index contributed by atoms with van der Waals surface area (Å²) in [6.07, 6.45) is 0.882. The van der Waals surface area contributed by atoms with Crippen LogP contribution in [0.3, 0.4) is 0 Å². The third-order valence-corrected chi connectivity index (χ3v) is 2.94. The lowest BCUT2D eigenvalue weighted by atomic mass is 9.97. The second-order valence-corrected chi connectivity index (χ2v) is 4.07. The normalized spacial score (nSPS) is 18.3. The summed E-state index contributed by atoms with van der Waals surface area (Å²) >= 11 is 0. The van der Waals surface area contributed by atoms with Crippen molar-refractivity contribution in [2.24, 2.45) is 0 Å². The molecular weight excluding hydrogens is 202 g/mol. The molecule has 16 heavy (non-hydrogen) atoms. The van der Waals surface area contributed by atoms with E-state index in [0.717, 1.165) is 11.1 Å². The van der Waals surface area contributed by atoms with Gasteiger partial charge in [0.2, 0.25) is 5.91 Å². The Labute approximate surface area is 94.9 Å². The molecule has 0 saturated carbocycles. The van der Waals surface area contributed by atoms with Gasteiger partial charge in [-0.15, -0.1) is 0 Å². The highest BCUT2D eigenvalue weighted by Gasteiger charge is 2.29. The van der Waals surface area contributed by atoms with Crippen LogP contribution in [0, 0.1) is 0 Å². The van der Waals surface area contributed by atoms with Crippen LogP contribution in [-0.4, -0.2) is 18.2 Å². The van der Waals surface area contributed by atoms with Crippen LogP contribution in [0.15, 0.2) is 24.3 Å². The Morgan fingerprint density at radius 2 is 2.19 bits per heavy atom. The summed E-state index contributed by atoms with van der Waals surface area (Å²) in [6.45, 7) is 2.53. The van der Waals surface area contributed by atoms with Crippen LogP contribution in [0.5, 0.6) is 0 Å². The highest BCUT2D eigenvalue weighted by Crippen LogP contribution is 2.34. The number of carbonyl (C=O) groups is 2. The number of Topliss-reactive ketones (excluding diaryl/α,β-unsaturated/α-hetero) is 1. The topological polar surface area (TPSA) is 46.2 Å². The zero-order valence-electron chi connectivity index (χ0n) is 9.32. The van der Waals surface area contributed by atoms with Gasteiger partial charge >= 0.3 is 0 Å². The van der Waals surface area contributed by atoms with Crippen LogP contribution in [0.2, 0.25) is 0 Å². The molecule has 0 spiro atoms. The number of benzene rings is 1. The number of nitrogens with one attached hydrogen (secondary N) is 1. The Morgan fingerprint density at radius 3 is 2.94 bits per heavy atom. The van der Waals surface area contributed by atoms with E-state index >= 15 is 0 Å². The third kappa shape index (κ3) is 1.98. The van der Waals surface area contributed by atoms with Gasteiger partial charge < -0.3 is 5.32 Å². The lowest BCUT2D eigenvalue weighted by Crippen LogP contribution is -2.24. The molecule has 0 bridgehead atoms. The maximum Gasteiger partial charge on any atom is 0.220 e. The summed E-state index contributed by atoms with van der Waals surface area (Å²) in [7, 11) is 0. The van der Waals surface area contributed by atoms with E-state index in [4.69, 9.17) is 0 Å². The Hall–Kier alpha value is -1.64. The zero-order valence-corrected chi connectivity index (χ0v) is 9.32. The van der Waals surface area contributed by atoms with Crippen molar-refractivity contribution < 1.29 is 9.59 Å². The minimum Gasteiger partial charge on any atom is -0.356 e. The maximum absolute atomic E-state index is 11.7. The number of hydrogen-bond donors (Lipinski definition) is 1. The minimum atomic E-state index is 0.0250. The molecule has 84 valence electrons. The molecule has 0 fully saturated rings. The predicted molar refractivity (Wildman–Crippen MR) is 61.4 cm³/mol. The van der Waals surface area contributed by atoms with Crippen molar-refractivity contribution in [3.05, 3.63) is 35.4 Å². The molecule has 1 aromatic rings. The van der Waals surface area contributed by atoms with E-state index < -0.39 is 0 Å². The van der Waals surface area contributed by atoms with Crippen LogP contribution in [-0.2, 0) is 4.79 Å². The first kappa shape index (κ1) is 10.9. The molecule has 0 radical (unpaired) electrons. The van der Waals surface area contributed by atoms with Crippen molar-refractivity contribution in [3.8, 4) is 0 Å².